The third-order valence-electron chi connectivity index (χ3n) is 2.01. The Bertz CT molecular complexity index is 479. The summed E-state index contributed by atoms with van der Waals surface area (Å²) in [6.07, 6.45) is 0. The first-order chi connectivity index (χ1) is 7.75. The Labute approximate surface area is 90.0 Å². The maximum absolute atomic E-state index is 11.7. The van der Waals surface area contributed by atoms with Gasteiger partial charge in [0.25, 0.3) is 5.91 Å². The summed E-state index contributed by atoms with van der Waals surface area (Å²) >= 11 is 0. The van der Waals surface area contributed by atoms with Gasteiger partial charge in [-0.05, 0) is 24.3 Å². The molecule has 2 aromatic carbocycles. The Balaban J connectivity index is 2.11. The minimum Gasteiger partial charge on any atom is -0.322 e. The highest BCUT2D eigenvalue weighted by molar-refractivity contribution is 6.04. The number of benzene rings is 2. The van der Waals surface area contributed by atoms with E-state index in [-0.39, 0.29) is 5.91 Å². The fourth-order valence-corrected chi connectivity index (χ4v) is 1.26. The van der Waals surface area contributed by atoms with Gasteiger partial charge in [0.05, 0.1) is 1.37 Å². The van der Waals surface area contributed by atoms with Gasteiger partial charge in [0, 0.05) is 11.3 Å². The van der Waals surface area contributed by atoms with Gasteiger partial charge in [-0.15, -0.1) is 0 Å². The van der Waals surface area contributed by atoms with Crippen molar-refractivity contribution in [1.82, 2.24) is 0 Å². The summed E-state index contributed by atoms with van der Waals surface area (Å²) in [5.41, 5.74) is 1.32. The number of nitrogens with one attached hydrogen (secondary N) is 1. The van der Waals surface area contributed by atoms with E-state index in [9.17, 15) is 4.79 Å². The van der Waals surface area contributed by atoms with Crippen LogP contribution >= 0.6 is 0 Å². The van der Waals surface area contributed by atoms with E-state index in [4.69, 9.17) is 1.37 Å². The molecule has 0 unspecified atom stereocenters. The van der Waals surface area contributed by atoms with E-state index in [0.717, 1.165) is 0 Å². The first-order valence-electron chi connectivity index (χ1n) is 5.19. The third-order valence-corrected chi connectivity index (χ3v) is 2.01. The molecule has 2 aromatic rings. The van der Waals surface area contributed by atoms with Crippen molar-refractivity contribution in [3.05, 3.63) is 66.2 Å². The van der Waals surface area contributed by atoms with E-state index in [2.05, 4.69) is 5.32 Å². The lowest BCUT2D eigenvalue weighted by Gasteiger charge is -2.03. The summed E-state index contributed by atoms with van der Waals surface area (Å²) in [6, 6.07) is 16.2. The topological polar surface area (TPSA) is 29.1 Å². The quantitative estimate of drug-likeness (QED) is 0.789. The number of amides is 1. The van der Waals surface area contributed by atoms with Gasteiger partial charge in [-0.25, -0.2) is 0 Å². The van der Waals surface area contributed by atoms with Crippen molar-refractivity contribution in [1.29, 1.82) is 0 Å². The number of para-hydroxylation sites is 1. The lowest BCUT2D eigenvalue weighted by atomic mass is 10.2. The number of anilines is 1. The molecule has 0 saturated carbocycles. The second kappa shape index (κ2) is 4.42. The molecule has 1 amide bonds. The lowest BCUT2D eigenvalue weighted by molar-refractivity contribution is 0.102. The highest BCUT2D eigenvalue weighted by Gasteiger charge is 2.03. The summed E-state index contributed by atoms with van der Waals surface area (Å²) in [5, 5.41) is 2.76. The predicted molar refractivity (Wildman–Crippen MR) is 60.8 cm³/mol. The number of rotatable bonds is 2. The van der Waals surface area contributed by atoms with E-state index >= 15 is 0 Å². The summed E-state index contributed by atoms with van der Waals surface area (Å²) < 4.78 is 7.33. The summed E-state index contributed by atoms with van der Waals surface area (Å²) in [6.45, 7) is 0. The Morgan fingerprint density at radius 3 is 2.33 bits per heavy atom. The van der Waals surface area contributed by atoms with Crippen molar-refractivity contribution in [2.45, 2.75) is 0 Å². The van der Waals surface area contributed by atoms with Crippen LogP contribution in [0.5, 0.6) is 0 Å². The van der Waals surface area contributed by atoms with Gasteiger partial charge in [0.1, 0.15) is 0 Å². The van der Waals surface area contributed by atoms with Crippen LogP contribution in [0, 0.1) is 0 Å². The van der Waals surface area contributed by atoms with Crippen LogP contribution in [0.15, 0.2) is 60.6 Å². The van der Waals surface area contributed by atoms with Crippen LogP contribution < -0.4 is 5.32 Å². The van der Waals surface area contributed by atoms with Crippen molar-refractivity contribution in [2.75, 3.05) is 5.32 Å². The van der Waals surface area contributed by atoms with E-state index in [1.165, 1.54) is 0 Å². The van der Waals surface area contributed by atoms with Gasteiger partial charge in [-0.2, -0.15) is 0 Å². The maximum Gasteiger partial charge on any atom is 0.255 e. The average molecular weight is 198 g/mol. The minimum absolute atomic E-state index is 0.140. The molecule has 0 heterocycles. The smallest absolute Gasteiger partial charge is 0.255 e. The molecule has 2 nitrogen and oxygen atoms in total. The Kier molecular flexibility index (Phi) is 2.43. The van der Waals surface area contributed by atoms with Gasteiger partial charge < -0.3 is 5.32 Å². The summed E-state index contributed by atoms with van der Waals surface area (Å²) in [5.74, 6) is -0.140. The van der Waals surface area contributed by atoms with Crippen LogP contribution in [0.1, 0.15) is 11.7 Å². The van der Waals surface area contributed by atoms with Crippen molar-refractivity contribution in [3.8, 4) is 0 Å². The van der Waals surface area contributed by atoms with Gasteiger partial charge in [0.2, 0.25) is 0 Å². The summed E-state index contributed by atoms with van der Waals surface area (Å²) in [7, 11) is 0. The zero-order valence-electron chi connectivity index (χ0n) is 9.10. The molecule has 2 heteroatoms. The van der Waals surface area contributed by atoms with Crippen molar-refractivity contribution < 1.29 is 6.17 Å². The second-order valence-corrected chi connectivity index (χ2v) is 3.11. The minimum atomic E-state index is -0.140. The van der Waals surface area contributed by atoms with Crippen LogP contribution in [0.4, 0.5) is 5.69 Å². The third kappa shape index (κ3) is 2.44. The molecule has 0 saturated heterocycles. The van der Waals surface area contributed by atoms with E-state index in [0.29, 0.717) is 17.3 Å². The van der Waals surface area contributed by atoms with Crippen molar-refractivity contribution in [2.24, 2.45) is 0 Å². The molecule has 0 aliphatic heterocycles. The summed E-state index contributed by atoms with van der Waals surface area (Å²) in [4.78, 5) is 11.7. The molecule has 15 heavy (non-hydrogen) atoms. The maximum atomic E-state index is 11.7. The normalized spacial score (nSPS) is 10.5. The molecule has 2 rings (SSSR count). The molecule has 0 aromatic heterocycles. The fourth-order valence-electron chi connectivity index (χ4n) is 1.26. The highest BCUT2D eigenvalue weighted by Crippen LogP contribution is 2.07. The molecule has 0 bridgehead atoms. The zero-order chi connectivity index (χ0) is 11.4. The fraction of sp³-hybridized carbons (Fsp3) is 0. The molecule has 0 fully saturated rings. The average Bonchev–Trinajstić information content (AvgIpc) is 2.33. The van der Waals surface area contributed by atoms with E-state index in [1.54, 1.807) is 36.4 Å². The van der Waals surface area contributed by atoms with Crippen LogP contribution in [0.3, 0.4) is 0 Å². The van der Waals surface area contributed by atoms with E-state index < -0.39 is 0 Å². The van der Waals surface area contributed by atoms with E-state index in [1.807, 2.05) is 18.2 Å². The van der Waals surface area contributed by atoms with Gasteiger partial charge in [-0.1, -0.05) is 36.4 Å². The molecular formula is C13H11NO. The molecule has 0 radical (unpaired) electrons. The standard InChI is InChI=1S/C13H11NO/c15-13(11-7-3-1-4-8-11)14-12-9-5-2-6-10-12/h1-10H,(H,14,15)/i2D. The molecular weight excluding hydrogens is 186 g/mol. The SMILES string of the molecule is [2H]c1ccc(NC(=O)c2ccccc2)cc1. The zero-order valence-corrected chi connectivity index (χ0v) is 8.10. The molecule has 1 N–H and O–H groups in total. The largest absolute Gasteiger partial charge is 0.322 e. The monoisotopic (exact) mass is 198 g/mol. The van der Waals surface area contributed by atoms with Crippen LogP contribution in [0.2, 0.25) is 0 Å². The molecule has 0 atom stereocenters. The number of carbonyl (C=O) groups excluding carboxylic acids is 1. The Morgan fingerprint density at radius 2 is 1.67 bits per heavy atom. The first kappa shape index (κ1) is 8.24. The number of hydrogen-bond donors (Lipinski definition) is 1. The Hall–Kier alpha value is -2.09. The second-order valence-electron chi connectivity index (χ2n) is 3.11. The lowest BCUT2D eigenvalue weighted by Crippen LogP contribution is -2.11. The molecule has 74 valence electrons. The van der Waals surface area contributed by atoms with Crippen molar-refractivity contribution in [3.63, 3.8) is 0 Å². The first-order valence-corrected chi connectivity index (χ1v) is 4.69. The molecule has 0 aliphatic rings. The van der Waals surface area contributed by atoms with Crippen LogP contribution in [0.25, 0.3) is 0 Å². The number of carbonyl (C=O) groups is 1. The van der Waals surface area contributed by atoms with Gasteiger partial charge in [0.15, 0.2) is 0 Å². The molecule has 0 aliphatic carbocycles. The van der Waals surface area contributed by atoms with Crippen LogP contribution in [-0.4, -0.2) is 5.91 Å². The van der Waals surface area contributed by atoms with Gasteiger partial charge >= 0.3 is 0 Å². The predicted octanol–water partition coefficient (Wildman–Crippen LogP) is 2.94. The van der Waals surface area contributed by atoms with Gasteiger partial charge in [-0.3, -0.25) is 4.79 Å². The highest BCUT2D eigenvalue weighted by atomic mass is 16.1. The van der Waals surface area contributed by atoms with Crippen molar-refractivity contribution >= 4 is 11.6 Å². The molecule has 0 spiro atoms. The van der Waals surface area contributed by atoms with Crippen LogP contribution in [-0.2, 0) is 0 Å². The number of hydrogen-bond acceptors (Lipinski definition) is 1. The Morgan fingerprint density at radius 1 is 1.00 bits per heavy atom.